The second kappa shape index (κ2) is 5.35. The molecule has 3 heteroatoms. The molecule has 0 bridgehead atoms. The number of likely N-dealkylation sites (tertiary alicyclic amines) is 1. The van der Waals surface area contributed by atoms with Crippen molar-refractivity contribution in [1.29, 1.82) is 0 Å². The quantitative estimate of drug-likeness (QED) is 0.736. The molecule has 3 nitrogen and oxygen atoms in total. The summed E-state index contributed by atoms with van der Waals surface area (Å²) in [7, 11) is 0. The Morgan fingerprint density at radius 1 is 1.64 bits per heavy atom. The van der Waals surface area contributed by atoms with Gasteiger partial charge in [-0.25, -0.2) is 0 Å². The lowest BCUT2D eigenvalue weighted by molar-refractivity contribution is -0.142. The largest absolute Gasteiger partial charge is 0.480 e. The maximum atomic E-state index is 10.9. The SMILES string of the molecule is CCCC(C)CN1CCCC1C(=O)O. The van der Waals surface area contributed by atoms with E-state index in [0.717, 1.165) is 25.9 Å². The maximum absolute atomic E-state index is 10.9. The van der Waals surface area contributed by atoms with E-state index in [1.54, 1.807) is 0 Å². The van der Waals surface area contributed by atoms with Gasteiger partial charge in [-0.2, -0.15) is 0 Å². The first-order valence-corrected chi connectivity index (χ1v) is 5.62. The minimum Gasteiger partial charge on any atom is -0.480 e. The summed E-state index contributed by atoms with van der Waals surface area (Å²) in [4.78, 5) is 13.0. The predicted octanol–water partition coefficient (Wildman–Crippen LogP) is 1.97. The summed E-state index contributed by atoms with van der Waals surface area (Å²) < 4.78 is 0. The second-order valence-corrected chi connectivity index (χ2v) is 4.39. The molecule has 0 aliphatic carbocycles. The van der Waals surface area contributed by atoms with Crippen molar-refractivity contribution in [3.05, 3.63) is 0 Å². The van der Waals surface area contributed by atoms with Crippen LogP contribution in [0.15, 0.2) is 0 Å². The number of nitrogens with zero attached hydrogens (tertiary/aromatic N) is 1. The van der Waals surface area contributed by atoms with Gasteiger partial charge < -0.3 is 5.11 Å². The predicted molar refractivity (Wildman–Crippen MR) is 56.3 cm³/mol. The van der Waals surface area contributed by atoms with Crippen molar-refractivity contribution in [2.75, 3.05) is 13.1 Å². The van der Waals surface area contributed by atoms with Crippen molar-refractivity contribution in [2.24, 2.45) is 5.92 Å². The first kappa shape index (κ1) is 11.5. The van der Waals surface area contributed by atoms with Crippen LogP contribution in [0.5, 0.6) is 0 Å². The number of carbonyl (C=O) groups is 1. The molecule has 14 heavy (non-hydrogen) atoms. The second-order valence-electron chi connectivity index (χ2n) is 4.39. The molecule has 0 aromatic rings. The van der Waals surface area contributed by atoms with Crippen LogP contribution in [0.4, 0.5) is 0 Å². The average Bonchev–Trinajstić information content (AvgIpc) is 2.52. The van der Waals surface area contributed by atoms with E-state index in [9.17, 15) is 4.79 Å². The summed E-state index contributed by atoms with van der Waals surface area (Å²) >= 11 is 0. The summed E-state index contributed by atoms with van der Waals surface area (Å²) in [5, 5.41) is 8.98. The van der Waals surface area contributed by atoms with E-state index in [0.29, 0.717) is 5.92 Å². The van der Waals surface area contributed by atoms with Crippen LogP contribution >= 0.6 is 0 Å². The third-order valence-corrected chi connectivity index (χ3v) is 2.98. The molecule has 2 unspecified atom stereocenters. The van der Waals surface area contributed by atoms with E-state index >= 15 is 0 Å². The zero-order valence-corrected chi connectivity index (χ0v) is 9.20. The van der Waals surface area contributed by atoms with Gasteiger partial charge in [0.1, 0.15) is 6.04 Å². The molecule has 2 atom stereocenters. The van der Waals surface area contributed by atoms with Crippen LogP contribution in [0, 0.1) is 5.92 Å². The lowest BCUT2D eigenvalue weighted by atomic mass is 10.1. The lowest BCUT2D eigenvalue weighted by Gasteiger charge is -2.24. The summed E-state index contributed by atoms with van der Waals surface area (Å²) in [6.45, 7) is 6.30. The fraction of sp³-hybridized carbons (Fsp3) is 0.909. The highest BCUT2D eigenvalue weighted by atomic mass is 16.4. The van der Waals surface area contributed by atoms with E-state index in [2.05, 4.69) is 18.7 Å². The van der Waals surface area contributed by atoms with Gasteiger partial charge in [-0.05, 0) is 31.7 Å². The molecular formula is C11H21NO2. The number of hydrogen-bond donors (Lipinski definition) is 1. The van der Waals surface area contributed by atoms with Gasteiger partial charge >= 0.3 is 5.97 Å². The molecule has 1 saturated heterocycles. The number of carboxylic acid groups (broad SMARTS) is 1. The third kappa shape index (κ3) is 2.98. The van der Waals surface area contributed by atoms with Gasteiger partial charge in [0.2, 0.25) is 0 Å². The molecule has 1 heterocycles. The smallest absolute Gasteiger partial charge is 0.320 e. The van der Waals surface area contributed by atoms with Gasteiger partial charge in [0.25, 0.3) is 0 Å². The summed E-state index contributed by atoms with van der Waals surface area (Å²) in [5.41, 5.74) is 0. The highest BCUT2D eigenvalue weighted by molar-refractivity contribution is 5.73. The van der Waals surface area contributed by atoms with Gasteiger partial charge in [-0.15, -0.1) is 0 Å². The zero-order valence-electron chi connectivity index (χ0n) is 9.20. The molecule has 1 aliphatic rings. The van der Waals surface area contributed by atoms with Gasteiger partial charge in [0, 0.05) is 6.54 Å². The van der Waals surface area contributed by atoms with Crippen LogP contribution in [0.3, 0.4) is 0 Å². The van der Waals surface area contributed by atoms with E-state index in [1.807, 2.05) is 0 Å². The minimum atomic E-state index is -0.647. The normalized spacial score (nSPS) is 25.1. The lowest BCUT2D eigenvalue weighted by Crippen LogP contribution is -2.38. The Bertz CT molecular complexity index is 194. The van der Waals surface area contributed by atoms with Crippen LogP contribution in [0.25, 0.3) is 0 Å². The van der Waals surface area contributed by atoms with Crippen molar-refractivity contribution in [2.45, 2.75) is 45.6 Å². The van der Waals surface area contributed by atoms with Crippen molar-refractivity contribution in [3.63, 3.8) is 0 Å². The molecule has 1 rings (SSSR count). The fourth-order valence-electron chi connectivity index (χ4n) is 2.31. The fourth-order valence-corrected chi connectivity index (χ4v) is 2.31. The average molecular weight is 199 g/mol. The van der Waals surface area contributed by atoms with Crippen LogP contribution < -0.4 is 0 Å². The maximum Gasteiger partial charge on any atom is 0.320 e. The summed E-state index contributed by atoms with van der Waals surface area (Å²) in [6, 6.07) is -0.214. The van der Waals surface area contributed by atoms with Gasteiger partial charge in [-0.1, -0.05) is 20.3 Å². The summed E-state index contributed by atoms with van der Waals surface area (Å²) in [5.74, 6) is -0.0221. The van der Waals surface area contributed by atoms with E-state index in [4.69, 9.17) is 5.11 Å². The molecule has 0 radical (unpaired) electrons. The zero-order chi connectivity index (χ0) is 10.6. The first-order valence-electron chi connectivity index (χ1n) is 5.62. The molecule has 0 aromatic carbocycles. The Labute approximate surface area is 86.1 Å². The van der Waals surface area contributed by atoms with Crippen LogP contribution in [0.1, 0.15) is 39.5 Å². The topological polar surface area (TPSA) is 40.5 Å². The molecule has 1 aliphatic heterocycles. The van der Waals surface area contributed by atoms with Crippen molar-refractivity contribution < 1.29 is 9.90 Å². The third-order valence-electron chi connectivity index (χ3n) is 2.98. The Morgan fingerprint density at radius 3 is 2.93 bits per heavy atom. The van der Waals surface area contributed by atoms with Crippen molar-refractivity contribution in [1.82, 2.24) is 4.90 Å². The molecule has 0 amide bonds. The highest BCUT2D eigenvalue weighted by Gasteiger charge is 2.30. The minimum absolute atomic E-state index is 0.214. The number of rotatable bonds is 5. The molecule has 1 N–H and O–H groups in total. The Balaban J connectivity index is 2.39. The van der Waals surface area contributed by atoms with Crippen molar-refractivity contribution >= 4 is 5.97 Å². The number of carboxylic acids is 1. The van der Waals surface area contributed by atoms with Gasteiger partial charge in [-0.3, -0.25) is 9.69 Å². The monoisotopic (exact) mass is 199 g/mol. The van der Waals surface area contributed by atoms with Crippen molar-refractivity contribution in [3.8, 4) is 0 Å². The number of hydrogen-bond acceptors (Lipinski definition) is 2. The van der Waals surface area contributed by atoms with E-state index < -0.39 is 5.97 Å². The molecule has 82 valence electrons. The Hall–Kier alpha value is -0.570. The molecule has 0 spiro atoms. The van der Waals surface area contributed by atoms with E-state index in [1.165, 1.54) is 12.8 Å². The van der Waals surface area contributed by atoms with E-state index in [-0.39, 0.29) is 6.04 Å². The molecular weight excluding hydrogens is 178 g/mol. The first-order chi connectivity index (χ1) is 6.65. The Kier molecular flexibility index (Phi) is 4.39. The van der Waals surface area contributed by atoms with Gasteiger partial charge in [0.05, 0.1) is 0 Å². The van der Waals surface area contributed by atoms with Crippen LogP contribution in [0.2, 0.25) is 0 Å². The van der Waals surface area contributed by atoms with Crippen LogP contribution in [-0.4, -0.2) is 35.1 Å². The Morgan fingerprint density at radius 2 is 2.36 bits per heavy atom. The van der Waals surface area contributed by atoms with Gasteiger partial charge in [0.15, 0.2) is 0 Å². The molecule has 1 fully saturated rings. The number of aliphatic carboxylic acids is 1. The van der Waals surface area contributed by atoms with Crippen LogP contribution in [-0.2, 0) is 4.79 Å². The highest BCUT2D eigenvalue weighted by Crippen LogP contribution is 2.20. The molecule has 0 saturated carbocycles. The summed E-state index contributed by atoms with van der Waals surface area (Å²) in [6.07, 6.45) is 4.25. The molecule has 0 aromatic heterocycles. The standard InChI is InChI=1S/C11H21NO2/c1-3-5-9(2)8-12-7-4-6-10(12)11(13)14/h9-10H,3-8H2,1-2H3,(H,13,14).